The molecular weight excluding hydrogens is 436 g/mol. The van der Waals surface area contributed by atoms with Gasteiger partial charge in [-0.25, -0.2) is 4.39 Å². The Morgan fingerprint density at radius 2 is 0.857 bits per heavy atom. The second-order valence-electron chi connectivity index (χ2n) is 6.04. The lowest BCUT2D eigenvalue weighted by Gasteiger charge is -2.42. The Morgan fingerprint density at radius 1 is 0.500 bits per heavy atom. The highest BCUT2D eigenvalue weighted by Crippen LogP contribution is 2.61. The topological polar surface area (TPSA) is 26.0 Å². The number of hydrogen-bond acceptors (Lipinski definition) is 1. The molecule has 15 heteroatoms. The molecule has 1 nitrogen and oxygen atoms in total. The Bertz CT molecular complexity index is 522. The highest BCUT2D eigenvalue weighted by atomic mass is 19.4. The number of rotatable bonds is 10. The van der Waals surface area contributed by atoms with Crippen LogP contribution in [-0.4, -0.2) is 41.6 Å². The summed E-state index contributed by atoms with van der Waals surface area (Å²) >= 11 is 0. The Morgan fingerprint density at radius 3 is 1.21 bits per heavy atom. The lowest BCUT2D eigenvalue weighted by Crippen LogP contribution is -2.74. The second-order valence-corrected chi connectivity index (χ2v) is 6.04. The zero-order valence-corrected chi connectivity index (χ0v) is 13.9. The van der Waals surface area contributed by atoms with E-state index in [1.807, 2.05) is 0 Å². The molecule has 0 saturated heterocycles. The van der Waals surface area contributed by atoms with Crippen LogP contribution in [0, 0.1) is 0 Å². The molecule has 0 radical (unpaired) electrons. The first-order chi connectivity index (χ1) is 12.1. The van der Waals surface area contributed by atoms with Gasteiger partial charge in [-0.15, -0.1) is 0 Å². The maximum absolute atomic E-state index is 13.8. The summed E-state index contributed by atoms with van der Waals surface area (Å²) in [6.45, 7) is 1.57. The van der Waals surface area contributed by atoms with Crippen molar-refractivity contribution >= 4 is 0 Å². The molecule has 0 aromatic rings. The van der Waals surface area contributed by atoms with Crippen molar-refractivity contribution < 1.29 is 61.5 Å². The van der Waals surface area contributed by atoms with Gasteiger partial charge in [-0.3, -0.25) is 5.73 Å². The highest BCUT2D eigenvalue weighted by molar-refractivity contribution is 5.13. The Hall–Kier alpha value is -1.02. The van der Waals surface area contributed by atoms with Crippen LogP contribution in [-0.2, 0) is 0 Å². The molecule has 0 amide bonds. The molecular formula is C13H15F14N. The zero-order chi connectivity index (χ0) is 23.0. The molecule has 0 rings (SSSR count). The third kappa shape index (κ3) is 3.99. The van der Waals surface area contributed by atoms with Crippen LogP contribution in [0.3, 0.4) is 0 Å². The largest absolute Gasteiger partial charge is 0.460 e. The smallest absolute Gasteiger partial charge is 0.294 e. The normalized spacial score (nSPS) is 17.6. The quantitative estimate of drug-likeness (QED) is 0.235. The minimum atomic E-state index is -8.07. The summed E-state index contributed by atoms with van der Waals surface area (Å²) < 4.78 is 182. The number of halogens is 14. The van der Waals surface area contributed by atoms with E-state index >= 15 is 0 Å². The van der Waals surface area contributed by atoms with Gasteiger partial charge >= 0.3 is 35.8 Å². The van der Waals surface area contributed by atoms with Gasteiger partial charge in [0.05, 0.1) is 0 Å². The maximum atomic E-state index is 13.8. The van der Waals surface area contributed by atoms with Crippen LogP contribution in [0.1, 0.15) is 39.0 Å². The van der Waals surface area contributed by atoms with Crippen molar-refractivity contribution in [3.63, 3.8) is 0 Å². The van der Waals surface area contributed by atoms with Gasteiger partial charge in [-0.05, 0) is 6.42 Å². The fourth-order valence-electron chi connectivity index (χ4n) is 2.00. The van der Waals surface area contributed by atoms with E-state index in [1.54, 1.807) is 6.92 Å². The van der Waals surface area contributed by atoms with Crippen molar-refractivity contribution in [3.05, 3.63) is 0 Å². The van der Waals surface area contributed by atoms with E-state index in [0.717, 1.165) is 0 Å². The molecule has 170 valence electrons. The standard InChI is InChI=1S/C13H15F14N/c1-2-3-4-5-6-7(14,28)8(15,16)9(17,18)10(19,20)11(21,22)12(23,24)13(25,26)27/h2-6,28H2,1H3. The van der Waals surface area contributed by atoms with Gasteiger partial charge in [0, 0.05) is 6.42 Å². The molecule has 28 heavy (non-hydrogen) atoms. The van der Waals surface area contributed by atoms with Gasteiger partial charge in [-0.2, -0.15) is 57.1 Å². The Balaban J connectivity index is 6.10. The van der Waals surface area contributed by atoms with Crippen LogP contribution in [0.4, 0.5) is 61.5 Å². The molecule has 1 unspecified atom stereocenters. The van der Waals surface area contributed by atoms with E-state index in [9.17, 15) is 61.5 Å². The van der Waals surface area contributed by atoms with Crippen molar-refractivity contribution in [1.82, 2.24) is 0 Å². The summed E-state index contributed by atoms with van der Waals surface area (Å²) in [5.74, 6) is -43.7. The van der Waals surface area contributed by atoms with Crippen LogP contribution >= 0.6 is 0 Å². The minimum absolute atomic E-state index is 0.125. The van der Waals surface area contributed by atoms with Crippen molar-refractivity contribution in [2.45, 2.75) is 80.6 Å². The van der Waals surface area contributed by atoms with Gasteiger partial charge in [0.2, 0.25) is 5.79 Å². The Kier molecular flexibility index (Phi) is 7.39. The number of nitrogens with two attached hydrogens (primary N) is 1. The first kappa shape index (κ1) is 27.0. The van der Waals surface area contributed by atoms with E-state index < -0.39 is 54.4 Å². The summed E-state index contributed by atoms with van der Waals surface area (Å²) in [5.41, 5.74) is 4.21. The van der Waals surface area contributed by atoms with Crippen molar-refractivity contribution in [2.24, 2.45) is 5.73 Å². The third-order valence-electron chi connectivity index (χ3n) is 3.85. The molecule has 1 atom stereocenters. The molecule has 0 aliphatic rings. The van der Waals surface area contributed by atoms with E-state index in [-0.39, 0.29) is 12.8 Å². The lowest BCUT2D eigenvalue weighted by molar-refractivity contribution is -0.447. The van der Waals surface area contributed by atoms with Crippen LogP contribution in [0.2, 0.25) is 0 Å². The van der Waals surface area contributed by atoms with Gasteiger partial charge in [-0.1, -0.05) is 26.2 Å². The average molecular weight is 451 g/mol. The minimum Gasteiger partial charge on any atom is -0.294 e. The molecule has 2 N–H and O–H groups in total. The molecule has 0 fully saturated rings. The van der Waals surface area contributed by atoms with Crippen LogP contribution in [0.15, 0.2) is 0 Å². The highest BCUT2D eigenvalue weighted by Gasteiger charge is 2.92. The van der Waals surface area contributed by atoms with Gasteiger partial charge < -0.3 is 0 Å². The van der Waals surface area contributed by atoms with Gasteiger partial charge in [0.15, 0.2) is 0 Å². The van der Waals surface area contributed by atoms with Crippen molar-refractivity contribution in [3.8, 4) is 0 Å². The summed E-state index contributed by atoms with van der Waals surface area (Å²) in [5, 5.41) is 0. The fraction of sp³-hybridized carbons (Fsp3) is 1.00. The fourth-order valence-corrected chi connectivity index (χ4v) is 2.00. The molecule has 0 aromatic heterocycles. The zero-order valence-electron chi connectivity index (χ0n) is 13.9. The van der Waals surface area contributed by atoms with E-state index in [1.165, 1.54) is 0 Å². The maximum Gasteiger partial charge on any atom is 0.460 e. The first-order valence-corrected chi connectivity index (χ1v) is 7.50. The summed E-state index contributed by atoms with van der Waals surface area (Å²) in [6.07, 6.45) is -9.50. The number of alkyl halides is 14. The van der Waals surface area contributed by atoms with Gasteiger partial charge in [0.1, 0.15) is 0 Å². The molecule has 0 saturated carbocycles. The molecule has 0 heterocycles. The number of unbranched alkanes of at least 4 members (excludes halogenated alkanes) is 3. The lowest BCUT2D eigenvalue weighted by atomic mass is 9.87. The summed E-state index contributed by atoms with van der Waals surface area (Å²) in [4.78, 5) is 0. The van der Waals surface area contributed by atoms with Crippen LogP contribution in [0.25, 0.3) is 0 Å². The number of hydrogen-bond donors (Lipinski definition) is 1. The monoisotopic (exact) mass is 451 g/mol. The van der Waals surface area contributed by atoms with Gasteiger partial charge in [0.25, 0.3) is 0 Å². The van der Waals surface area contributed by atoms with E-state index in [0.29, 0.717) is 6.42 Å². The predicted molar refractivity (Wildman–Crippen MR) is 67.6 cm³/mol. The summed E-state index contributed by atoms with van der Waals surface area (Å²) in [6, 6.07) is 0. The Labute approximate surface area is 149 Å². The summed E-state index contributed by atoms with van der Waals surface area (Å²) in [7, 11) is 0. The molecule has 0 aliphatic carbocycles. The molecule has 0 bridgehead atoms. The average Bonchev–Trinajstić information content (AvgIpc) is 2.49. The second kappa shape index (κ2) is 7.67. The van der Waals surface area contributed by atoms with E-state index in [2.05, 4.69) is 5.73 Å². The molecule has 0 aliphatic heterocycles. The first-order valence-electron chi connectivity index (χ1n) is 7.50. The van der Waals surface area contributed by atoms with Crippen molar-refractivity contribution in [1.29, 1.82) is 0 Å². The third-order valence-corrected chi connectivity index (χ3v) is 3.85. The van der Waals surface area contributed by atoms with Crippen LogP contribution < -0.4 is 5.73 Å². The SMILES string of the molecule is CCCCCCC(N)(F)C(F)(F)C(F)(F)C(F)(F)C(F)(F)C(F)(F)C(F)(F)F. The molecule has 0 aromatic carbocycles. The molecule has 0 spiro atoms. The predicted octanol–water partition coefficient (Wildman–Crippen LogP) is 6.32. The van der Waals surface area contributed by atoms with E-state index in [4.69, 9.17) is 0 Å². The van der Waals surface area contributed by atoms with Crippen molar-refractivity contribution in [2.75, 3.05) is 0 Å². The van der Waals surface area contributed by atoms with Crippen LogP contribution in [0.5, 0.6) is 0 Å².